The summed E-state index contributed by atoms with van der Waals surface area (Å²) in [5, 5.41) is 2.89. The van der Waals surface area contributed by atoms with Gasteiger partial charge in [0.25, 0.3) is 0 Å². The zero-order chi connectivity index (χ0) is 21.4. The predicted octanol–water partition coefficient (Wildman–Crippen LogP) is 3.57. The van der Waals surface area contributed by atoms with Crippen LogP contribution in [-0.2, 0) is 22.6 Å². The van der Waals surface area contributed by atoms with Crippen molar-refractivity contribution in [3.63, 3.8) is 0 Å². The van der Waals surface area contributed by atoms with Gasteiger partial charge in [-0.05, 0) is 48.2 Å². The predicted molar refractivity (Wildman–Crippen MR) is 111 cm³/mol. The van der Waals surface area contributed by atoms with Crippen molar-refractivity contribution in [1.29, 1.82) is 0 Å². The molecule has 0 heterocycles. The van der Waals surface area contributed by atoms with Crippen molar-refractivity contribution in [2.45, 2.75) is 39.8 Å². The summed E-state index contributed by atoms with van der Waals surface area (Å²) in [6, 6.07) is 12.6. The number of amides is 2. The fourth-order valence-electron chi connectivity index (χ4n) is 2.84. The Morgan fingerprint density at radius 2 is 1.59 bits per heavy atom. The number of carbonyl (C=O) groups is 2. The van der Waals surface area contributed by atoms with Gasteiger partial charge in [0.1, 0.15) is 17.6 Å². The number of hydrogen-bond donors (Lipinski definition) is 1. The van der Waals surface area contributed by atoms with Crippen LogP contribution < -0.4 is 10.1 Å². The Bertz CT molecular complexity index is 804. The van der Waals surface area contributed by atoms with Crippen LogP contribution in [0.5, 0.6) is 5.75 Å². The van der Waals surface area contributed by atoms with E-state index in [1.54, 1.807) is 31.1 Å². The summed E-state index contributed by atoms with van der Waals surface area (Å²) < 4.78 is 18.3. The van der Waals surface area contributed by atoms with E-state index in [9.17, 15) is 14.0 Å². The minimum Gasteiger partial charge on any atom is -0.497 e. The molecule has 6 heteroatoms. The van der Waals surface area contributed by atoms with Gasteiger partial charge < -0.3 is 15.0 Å². The average molecular weight is 400 g/mol. The minimum atomic E-state index is -0.635. The highest BCUT2D eigenvalue weighted by molar-refractivity contribution is 5.88. The molecule has 29 heavy (non-hydrogen) atoms. The molecule has 2 aromatic rings. The zero-order valence-electron chi connectivity index (χ0n) is 17.4. The first-order chi connectivity index (χ1) is 13.8. The molecule has 0 aliphatic rings. The zero-order valence-corrected chi connectivity index (χ0v) is 17.4. The van der Waals surface area contributed by atoms with Crippen molar-refractivity contribution in [3.05, 3.63) is 65.5 Å². The third kappa shape index (κ3) is 6.89. The minimum absolute atomic E-state index is 0.0955. The molecule has 0 saturated carbocycles. The molecule has 0 spiro atoms. The van der Waals surface area contributed by atoms with Crippen molar-refractivity contribution in [1.82, 2.24) is 10.2 Å². The fourth-order valence-corrected chi connectivity index (χ4v) is 2.84. The van der Waals surface area contributed by atoms with Gasteiger partial charge in [-0.15, -0.1) is 0 Å². The third-order valence-electron chi connectivity index (χ3n) is 4.63. The Kier molecular flexibility index (Phi) is 8.19. The first-order valence-corrected chi connectivity index (χ1v) is 9.74. The summed E-state index contributed by atoms with van der Waals surface area (Å²) in [4.78, 5) is 27.2. The number of methoxy groups -OCH3 is 1. The molecule has 1 N–H and O–H groups in total. The first-order valence-electron chi connectivity index (χ1n) is 9.74. The molecule has 0 aromatic heterocycles. The SMILES string of the molecule is COc1ccc(CN(C(=O)Cc2ccc(F)cc2)C(C)C(=O)NCC(C)C)cc1. The highest BCUT2D eigenvalue weighted by Crippen LogP contribution is 2.16. The van der Waals surface area contributed by atoms with Gasteiger partial charge >= 0.3 is 0 Å². The van der Waals surface area contributed by atoms with Gasteiger partial charge in [0.2, 0.25) is 11.8 Å². The Morgan fingerprint density at radius 1 is 1.00 bits per heavy atom. The Balaban J connectivity index is 2.18. The monoisotopic (exact) mass is 400 g/mol. The van der Waals surface area contributed by atoms with Crippen LogP contribution in [0.4, 0.5) is 4.39 Å². The number of carbonyl (C=O) groups excluding carboxylic acids is 2. The van der Waals surface area contributed by atoms with E-state index in [0.717, 1.165) is 11.3 Å². The number of rotatable bonds is 9. The number of nitrogens with one attached hydrogen (secondary N) is 1. The van der Waals surface area contributed by atoms with Crippen LogP contribution in [0.15, 0.2) is 48.5 Å². The van der Waals surface area contributed by atoms with E-state index in [1.165, 1.54) is 12.1 Å². The average Bonchev–Trinajstić information content (AvgIpc) is 2.71. The van der Waals surface area contributed by atoms with Crippen molar-refractivity contribution in [2.75, 3.05) is 13.7 Å². The van der Waals surface area contributed by atoms with Crippen LogP contribution in [0.25, 0.3) is 0 Å². The summed E-state index contributed by atoms with van der Waals surface area (Å²) in [5.41, 5.74) is 1.59. The number of hydrogen-bond acceptors (Lipinski definition) is 3. The molecule has 0 aliphatic carbocycles. The highest BCUT2D eigenvalue weighted by Gasteiger charge is 2.26. The molecule has 0 radical (unpaired) electrons. The standard InChI is InChI=1S/C23H29FN2O3/c1-16(2)14-25-23(28)17(3)26(15-19-7-11-21(29-4)12-8-19)22(27)13-18-5-9-20(24)10-6-18/h5-12,16-17H,13-15H2,1-4H3,(H,25,28). The Morgan fingerprint density at radius 3 is 2.14 bits per heavy atom. The molecule has 0 fully saturated rings. The van der Waals surface area contributed by atoms with Gasteiger partial charge in [0, 0.05) is 13.1 Å². The molecule has 0 aliphatic heterocycles. The molecule has 5 nitrogen and oxygen atoms in total. The summed E-state index contributed by atoms with van der Waals surface area (Å²) in [6.07, 6.45) is 0.0955. The second kappa shape index (κ2) is 10.6. The van der Waals surface area contributed by atoms with E-state index < -0.39 is 6.04 Å². The maximum atomic E-state index is 13.2. The summed E-state index contributed by atoms with van der Waals surface area (Å²) in [6.45, 7) is 6.59. The lowest BCUT2D eigenvalue weighted by molar-refractivity contribution is -0.140. The van der Waals surface area contributed by atoms with Crippen LogP contribution in [0.2, 0.25) is 0 Å². The van der Waals surface area contributed by atoms with Crippen molar-refractivity contribution in [2.24, 2.45) is 5.92 Å². The summed E-state index contributed by atoms with van der Waals surface area (Å²) >= 11 is 0. The molecule has 1 atom stereocenters. The van der Waals surface area contributed by atoms with E-state index in [0.29, 0.717) is 24.6 Å². The Hall–Kier alpha value is -2.89. The van der Waals surface area contributed by atoms with Gasteiger partial charge in [-0.3, -0.25) is 9.59 Å². The van der Waals surface area contributed by atoms with Crippen LogP contribution in [0, 0.1) is 11.7 Å². The van der Waals surface area contributed by atoms with Crippen molar-refractivity contribution in [3.8, 4) is 5.75 Å². The van der Waals surface area contributed by atoms with E-state index in [-0.39, 0.29) is 24.1 Å². The molecular formula is C23H29FN2O3. The molecule has 2 aromatic carbocycles. The highest BCUT2D eigenvalue weighted by atomic mass is 19.1. The lowest BCUT2D eigenvalue weighted by atomic mass is 10.1. The molecule has 2 rings (SSSR count). The molecule has 2 amide bonds. The maximum Gasteiger partial charge on any atom is 0.242 e. The fraction of sp³-hybridized carbons (Fsp3) is 0.391. The van der Waals surface area contributed by atoms with Crippen molar-refractivity contribution < 1.29 is 18.7 Å². The van der Waals surface area contributed by atoms with Crippen LogP contribution in [0.3, 0.4) is 0 Å². The summed E-state index contributed by atoms with van der Waals surface area (Å²) in [5.74, 6) is 0.300. The molecule has 0 saturated heterocycles. The number of benzene rings is 2. The second-order valence-corrected chi connectivity index (χ2v) is 7.49. The largest absolute Gasteiger partial charge is 0.497 e. The lowest BCUT2D eigenvalue weighted by Gasteiger charge is -2.29. The van der Waals surface area contributed by atoms with Crippen LogP contribution in [0.1, 0.15) is 31.9 Å². The lowest BCUT2D eigenvalue weighted by Crippen LogP contribution is -2.48. The molecular weight excluding hydrogens is 371 g/mol. The van der Waals surface area contributed by atoms with Gasteiger partial charge in [0.15, 0.2) is 0 Å². The molecule has 156 valence electrons. The first kappa shape index (κ1) is 22.4. The third-order valence-corrected chi connectivity index (χ3v) is 4.63. The van der Waals surface area contributed by atoms with E-state index in [1.807, 2.05) is 38.1 Å². The van der Waals surface area contributed by atoms with Gasteiger partial charge in [0.05, 0.1) is 13.5 Å². The van der Waals surface area contributed by atoms with E-state index in [4.69, 9.17) is 4.74 Å². The van der Waals surface area contributed by atoms with Crippen LogP contribution >= 0.6 is 0 Å². The number of halogens is 1. The number of nitrogens with zero attached hydrogens (tertiary/aromatic N) is 1. The molecule has 0 bridgehead atoms. The van der Waals surface area contributed by atoms with Gasteiger partial charge in [-0.1, -0.05) is 38.1 Å². The molecule has 1 unspecified atom stereocenters. The smallest absolute Gasteiger partial charge is 0.242 e. The maximum absolute atomic E-state index is 13.2. The van der Waals surface area contributed by atoms with Gasteiger partial charge in [-0.25, -0.2) is 4.39 Å². The van der Waals surface area contributed by atoms with E-state index in [2.05, 4.69) is 5.32 Å². The van der Waals surface area contributed by atoms with Gasteiger partial charge in [-0.2, -0.15) is 0 Å². The normalized spacial score (nSPS) is 11.8. The van der Waals surface area contributed by atoms with Crippen molar-refractivity contribution >= 4 is 11.8 Å². The second-order valence-electron chi connectivity index (χ2n) is 7.49. The quantitative estimate of drug-likeness (QED) is 0.700. The topological polar surface area (TPSA) is 58.6 Å². The number of ether oxygens (including phenoxy) is 1. The Labute approximate surface area is 171 Å². The van der Waals surface area contributed by atoms with Crippen LogP contribution in [-0.4, -0.2) is 36.4 Å². The van der Waals surface area contributed by atoms with E-state index >= 15 is 0 Å². The summed E-state index contributed by atoms with van der Waals surface area (Å²) in [7, 11) is 1.59.